The normalized spacial score (nSPS) is 10.4. The van der Waals surface area contributed by atoms with Gasteiger partial charge in [0.2, 0.25) is 5.91 Å². The lowest BCUT2D eigenvalue weighted by molar-refractivity contribution is -0.384. The SMILES string of the molecule is Cc1cc(C)nc(SCC(=O)Nc2cc([N+](=O)[O-])ccc2Cl)n1. The fourth-order valence-electron chi connectivity index (χ4n) is 1.80. The quantitative estimate of drug-likeness (QED) is 0.383. The van der Waals surface area contributed by atoms with E-state index in [1.807, 2.05) is 19.9 Å². The van der Waals surface area contributed by atoms with E-state index in [4.69, 9.17) is 11.6 Å². The van der Waals surface area contributed by atoms with Crippen LogP contribution in [0.25, 0.3) is 0 Å². The summed E-state index contributed by atoms with van der Waals surface area (Å²) < 4.78 is 0. The number of nitrogens with zero attached hydrogens (tertiary/aromatic N) is 3. The van der Waals surface area contributed by atoms with Crippen molar-refractivity contribution < 1.29 is 9.72 Å². The minimum Gasteiger partial charge on any atom is -0.324 e. The van der Waals surface area contributed by atoms with Gasteiger partial charge in [0, 0.05) is 23.5 Å². The van der Waals surface area contributed by atoms with E-state index in [-0.39, 0.29) is 28.1 Å². The van der Waals surface area contributed by atoms with E-state index >= 15 is 0 Å². The van der Waals surface area contributed by atoms with E-state index in [0.29, 0.717) is 5.16 Å². The molecule has 1 aromatic heterocycles. The third-order valence-electron chi connectivity index (χ3n) is 2.73. The predicted molar refractivity (Wildman–Crippen MR) is 89.0 cm³/mol. The first-order chi connectivity index (χ1) is 10.8. The van der Waals surface area contributed by atoms with Gasteiger partial charge >= 0.3 is 0 Å². The Kier molecular flexibility index (Phi) is 5.51. The lowest BCUT2D eigenvalue weighted by Gasteiger charge is -2.07. The molecular formula is C14H13ClN4O3S. The highest BCUT2D eigenvalue weighted by atomic mass is 35.5. The van der Waals surface area contributed by atoms with Crippen LogP contribution in [0.2, 0.25) is 5.02 Å². The average molecular weight is 353 g/mol. The van der Waals surface area contributed by atoms with Gasteiger partial charge in [-0.1, -0.05) is 23.4 Å². The maximum Gasteiger partial charge on any atom is 0.271 e. The van der Waals surface area contributed by atoms with Crippen molar-refractivity contribution in [2.75, 3.05) is 11.1 Å². The molecule has 0 aliphatic rings. The van der Waals surface area contributed by atoms with Gasteiger partial charge in [-0.2, -0.15) is 0 Å². The number of non-ortho nitro benzene ring substituents is 1. The molecule has 0 fully saturated rings. The van der Waals surface area contributed by atoms with Crippen LogP contribution in [0.15, 0.2) is 29.4 Å². The van der Waals surface area contributed by atoms with E-state index in [1.165, 1.54) is 30.0 Å². The number of anilines is 1. The molecule has 120 valence electrons. The zero-order valence-corrected chi connectivity index (χ0v) is 13.9. The third kappa shape index (κ3) is 4.90. The zero-order valence-electron chi connectivity index (χ0n) is 12.4. The monoisotopic (exact) mass is 352 g/mol. The molecule has 9 heteroatoms. The molecule has 2 aromatic rings. The predicted octanol–water partition coefficient (Wildman–Crippen LogP) is 3.39. The van der Waals surface area contributed by atoms with Gasteiger partial charge in [-0.15, -0.1) is 0 Å². The smallest absolute Gasteiger partial charge is 0.271 e. The van der Waals surface area contributed by atoms with Crippen LogP contribution in [0.4, 0.5) is 11.4 Å². The van der Waals surface area contributed by atoms with Crippen molar-refractivity contribution in [1.29, 1.82) is 0 Å². The minimum absolute atomic E-state index is 0.0713. The highest BCUT2D eigenvalue weighted by Crippen LogP contribution is 2.27. The molecule has 7 nitrogen and oxygen atoms in total. The molecule has 0 saturated carbocycles. The topological polar surface area (TPSA) is 98.0 Å². The van der Waals surface area contributed by atoms with Gasteiger partial charge < -0.3 is 5.32 Å². The molecule has 0 aliphatic carbocycles. The number of benzene rings is 1. The maximum atomic E-state index is 12.0. The largest absolute Gasteiger partial charge is 0.324 e. The number of aromatic nitrogens is 2. The number of carbonyl (C=O) groups is 1. The van der Waals surface area contributed by atoms with Crippen LogP contribution >= 0.6 is 23.4 Å². The Labute approximate surface area is 141 Å². The van der Waals surface area contributed by atoms with Crippen LogP contribution in [0.1, 0.15) is 11.4 Å². The fourth-order valence-corrected chi connectivity index (χ4v) is 2.71. The summed E-state index contributed by atoms with van der Waals surface area (Å²) in [6.45, 7) is 3.70. The van der Waals surface area contributed by atoms with E-state index in [1.54, 1.807) is 0 Å². The lowest BCUT2D eigenvalue weighted by atomic mass is 10.3. The number of rotatable bonds is 5. The molecule has 1 aromatic carbocycles. The molecule has 2 rings (SSSR count). The molecule has 0 spiro atoms. The second-order valence-corrected chi connectivity index (χ2v) is 6.04. The fraction of sp³-hybridized carbons (Fsp3) is 0.214. The molecule has 1 amide bonds. The molecule has 0 bridgehead atoms. The molecular weight excluding hydrogens is 340 g/mol. The van der Waals surface area contributed by atoms with Crippen LogP contribution in [0.5, 0.6) is 0 Å². The molecule has 1 N–H and O–H groups in total. The summed E-state index contributed by atoms with van der Waals surface area (Å²) >= 11 is 7.12. The number of nitro groups is 1. The summed E-state index contributed by atoms with van der Waals surface area (Å²) in [4.78, 5) is 30.6. The molecule has 0 aliphatic heterocycles. The Bertz CT molecular complexity index is 749. The van der Waals surface area contributed by atoms with E-state index in [9.17, 15) is 14.9 Å². The second-order valence-electron chi connectivity index (χ2n) is 4.69. The van der Waals surface area contributed by atoms with Crippen molar-refractivity contribution in [3.8, 4) is 0 Å². The van der Waals surface area contributed by atoms with Crippen molar-refractivity contribution in [2.45, 2.75) is 19.0 Å². The average Bonchev–Trinajstić information content (AvgIpc) is 2.46. The Morgan fingerprint density at radius 2 is 1.96 bits per heavy atom. The number of nitro benzene ring substituents is 1. The maximum absolute atomic E-state index is 12.0. The van der Waals surface area contributed by atoms with Crippen molar-refractivity contribution >= 4 is 40.6 Å². The third-order valence-corrected chi connectivity index (χ3v) is 3.91. The number of halogens is 1. The Morgan fingerprint density at radius 1 is 1.30 bits per heavy atom. The van der Waals surface area contributed by atoms with Crippen molar-refractivity contribution in [2.24, 2.45) is 0 Å². The Morgan fingerprint density at radius 3 is 2.57 bits per heavy atom. The molecule has 0 atom stereocenters. The van der Waals surface area contributed by atoms with Crippen LogP contribution in [0.3, 0.4) is 0 Å². The molecule has 23 heavy (non-hydrogen) atoms. The van der Waals surface area contributed by atoms with Gasteiger partial charge in [-0.05, 0) is 26.0 Å². The van der Waals surface area contributed by atoms with Crippen molar-refractivity contribution in [1.82, 2.24) is 9.97 Å². The zero-order chi connectivity index (χ0) is 17.0. The summed E-state index contributed by atoms with van der Waals surface area (Å²) in [5.41, 5.74) is 1.70. The summed E-state index contributed by atoms with van der Waals surface area (Å²) in [6.07, 6.45) is 0. The first-order valence-corrected chi connectivity index (χ1v) is 7.90. The first-order valence-electron chi connectivity index (χ1n) is 6.54. The van der Waals surface area contributed by atoms with Gasteiger partial charge in [0.05, 0.1) is 21.4 Å². The lowest BCUT2D eigenvalue weighted by Crippen LogP contribution is -2.15. The van der Waals surface area contributed by atoms with Crippen LogP contribution in [-0.2, 0) is 4.79 Å². The second kappa shape index (κ2) is 7.38. The van der Waals surface area contributed by atoms with E-state index < -0.39 is 4.92 Å². The Balaban J connectivity index is 2.02. The summed E-state index contributed by atoms with van der Waals surface area (Å²) in [5.74, 6) is -0.276. The van der Waals surface area contributed by atoms with E-state index in [2.05, 4.69) is 15.3 Å². The molecule has 0 unspecified atom stereocenters. The molecule has 0 radical (unpaired) electrons. The van der Waals surface area contributed by atoms with Crippen LogP contribution in [0, 0.1) is 24.0 Å². The summed E-state index contributed by atoms with van der Waals surface area (Å²) in [7, 11) is 0. The summed E-state index contributed by atoms with van der Waals surface area (Å²) in [6, 6.07) is 5.71. The van der Waals surface area contributed by atoms with Crippen molar-refractivity contribution in [3.63, 3.8) is 0 Å². The first kappa shape index (κ1) is 17.2. The van der Waals surface area contributed by atoms with Crippen LogP contribution in [-0.4, -0.2) is 26.6 Å². The highest BCUT2D eigenvalue weighted by molar-refractivity contribution is 7.99. The summed E-state index contributed by atoms with van der Waals surface area (Å²) in [5, 5.41) is 14.0. The standard InChI is InChI=1S/C14H13ClN4O3S/c1-8-5-9(2)17-14(16-8)23-7-13(20)18-12-6-10(19(21)22)3-4-11(12)15/h3-6H,7H2,1-2H3,(H,18,20). The van der Waals surface area contributed by atoms with Gasteiger partial charge in [-0.25, -0.2) is 9.97 Å². The van der Waals surface area contributed by atoms with Crippen molar-refractivity contribution in [3.05, 3.63) is 50.8 Å². The Hall–Kier alpha value is -2.19. The van der Waals surface area contributed by atoms with Gasteiger partial charge in [0.25, 0.3) is 5.69 Å². The number of thioether (sulfide) groups is 1. The van der Waals surface area contributed by atoms with Gasteiger partial charge in [0.1, 0.15) is 0 Å². The number of carbonyl (C=O) groups excluding carboxylic acids is 1. The van der Waals surface area contributed by atoms with Gasteiger partial charge in [-0.3, -0.25) is 14.9 Å². The molecule has 1 heterocycles. The van der Waals surface area contributed by atoms with Crippen LogP contribution < -0.4 is 5.32 Å². The van der Waals surface area contributed by atoms with Gasteiger partial charge in [0.15, 0.2) is 5.16 Å². The number of hydrogen-bond donors (Lipinski definition) is 1. The van der Waals surface area contributed by atoms with E-state index in [0.717, 1.165) is 11.4 Å². The minimum atomic E-state index is -0.551. The number of aryl methyl sites for hydroxylation is 2. The number of hydrogen-bond acceptors (Lipinski definition) is 6. The highest BCUT2D eigenvalue weighted by Gasteiger charge is 2.13. The number of nitrogens with one attached hydrogen (secondary N) is 1. The number of amides is 1. The molecule has 0 saturated heterocycles.